The average Bonchev–Trinajstić information content (AvgIpc) is 2.82. The zero-order valence-corrected chi connectivity index (χ0v) is 11.9. The number of carbonyl (C=O) groups excluding carboxylic acids is 1. The Labute approximate surface area is 118 Å². The maximum absolute atomic E-state index is 12.3. The van der Waals surface area contributed by atoms with Crippen LogP contribution in [-0.2, 0) is 4.79 Å². The first-order valence-corrected chi connectivity index (χ1v) is 6.78. The van der Waals surface area contributed by atoms with Crippen molar-refractivity contribution in [2.75, 3.05) is 11.9 Å². The number of anilines is 1. The van der Waals surface area contributed by atoms with Crippen molar-refractivity contribution in [3.63, 3.8) is 0 Å². The van der Waals surface area contributed by atoms with Crippen molar-refractivity contribution in [2.45, 2.75) is 19.9 Å². The van der Waals surface area contributed by atoms with Crippen LogP contribution in [0, 0.1) is 5.92 Å². The minimum absolute atomic E-state index is 0.103. The zero-order chi connectivity index (χ0) is 14.3. The first kappa shape index (κ1) is 12.8. The fraction of sp³-hybridized carbons (Fsp3) is 0.312. The molecule has 3 rings (SSSR count). The van der Waals surface area contributed by atoms with Crippen molar-refractivity contribution in [1.29, 1.82) is 0 Å². The topological polar surface area (TPSA) is 45.0 Å². The SMILES string of the molecule is CC(C)C1C(=O)N=C/C=C2\C=Nc3cccc(c32)N1C. The highest BCUT2D eigenvalue weighted by molar-refractivity contribution is 6.22. The normalized spacial score (nSPS) is 23.2. The number of benzene rings is 1. The molecule has 0 bridgehead atoms. The first-order valence-electron chi connectivity index (χ1n) is 6.78. The summed E-state index contributed by atoms with van der Waals surface area (Å²) in [6.07, 6.45) is 5.27. The van der Waals surface area contributed by atoms with Crippen LogP contribution < -0.4 is 4.90 Å². The van der Waals surface area contributed by atoms with Crippen LogP contribution in [-0.4, -0.2) is 31.4 Å². The summed E-state index contributed by atoms with van der Waals surface area (Å²) in [6, 6.07) is 5.75. The predicted molar refractivity (Wildman–Crippen MR) is 83.1 cm³/mol. The van der Waals surface area contributed by atoms with E-state index in [0.29, 0.717) is 0 Å². The van der Waals surface area contributed by atoms with Crippen LogP contribution in [0.4, 0.5) is 11.4 Å². The quantitative estimate of drug-likeness (QED) is 0.785. The van der Waals surface area contributed by atoms with Gasteiger partial charge in [0.2, 0.25) is 0 Å². The third kappa shape index (κ3) is 1.88. The summed E-state index contributed by atoms with van der Waals surface area (Å²) in [4.78, 5) is 22.8. The van der Waals surface area contributed by atoms with Gasteiger partial charge in [-0.25, -0.2) is 4.99 Å². The lowest BCUT2D eigenvalue weighted by Crippen LogP contribution is -2.42. The first-order chi connectivity index (χ1) is 9.59. The highest BCUT2D eigenvalue weighted by Gasteiger charge is 2.30. The molecule has 0 N–H and O–H groups in total. The van der Waals surface area contributed by atoms with Gasteiger partial charge < -0.3 is 4.90 Å². The van der Waals surface area contributed by atoms with Gasteiger partial charge in [0.15, 0.2) is 0 Å². The lowest BCUT2D eigenvalue weighted by Gasteiger charge is -2.31. The Morgan fingerprint density at radius 2 is 2.05 bits per heavy atom. The molecule has 4 nitrogen and oxygen atoms in total. The minimum atomic E-state index is -0.258. The summed E-state index contributed by atoms with van der Waals surface area (Å²) >= 11 is 0. The third-order valence-corrected chi connectivity index (χ3v) is 3.79. The molecule has 1 aromatic carbocycles. The Morgan fingerprint density at radius 1 is 1.25 bits per heavy atom. The second kappa shape index (κ2) is 4.71. The van der Waals surface area contributed by atoms with E-state index >= 15 is 0 Å². The molecule has 2 aliphatic heterocycles. The predicted octanol–water partition coefficient (Wildman–Crippen LogP) is 2.86. The molecule has 1 aromatic rings. The molecular formula is C16H17N3O. The van der Waals surface area contributed by atoms with Crippen LogP contribution in [0.15, 0.2) is 34.3 Å². The van der Waals surface area contributed by atoms with Crippen LogP contribution in [0.3, 0.4) is 0 Å². The van der Waals surface area contributed by atoms with Crippen molar-refractivity contribution in [3.8, 4) is 0 Å². The smallest absolute Gasteiger partial charge is 0.268 e. The number of nitrogens with zero attached hydrogens (tertiary/aromatic N) is 3. The van der Waals surface area contributed by atoms with E-state index in [1.54, 1.807) is 6.21 Å². The molecule has 0 aromatic heterocycles. The molecule has 0 radical (unpaired) electrons. The van der Waals surface area contributed by atoms with Crippen LogP contribution in [0.1, 0.15) is 19.4 Å². The van der Waals surface area contributed by atoms with Gasteiger partial charge in [-0.3, -0.25) is 9.79 Å². The maximum atomic E-state index is 12.3. The van der Waals surface area contributed by atoms with Gasteiger partial charge in [0.05, 0.1) is 5.69 Å². The van der Waals surface area contributed by atoms with E-state index in [-0.39, 0.29) is 17.9 Å². The molecule has 20 heavy (non-hydrogen) atoms. The number of rotatable bonds is 1. The van der Waals surface area contributed by atoms with E-state index in [9.17, 15) is 4.79 Å². The molecule has 1 unspecified atom stereocenters. The van der Waals surface area contributed by atoms with E-state index in [1.165, 1.54) is 0 Å². The molecule has 1 amide bonds. The molecule has 4 heteroatoms. The maximum Gasteiger partial charge on any atom is 0.268 e. The summed E-state index contributed by atoms with van der Waals surface area (Å²) < 4.78 is 0. The Bertz CT molecular complexity index is 656. The third-order valence-electron chi connectivity index (χ3n) is 3.79. The Hall–Kier alpha value is -2.23. The summed E-state index contributed by atoms with van der Waals surface area (Å²) in [6.45, 7) is 4.08. The molecular weight excluding hydrogens is 250 g/mol. The van der Waals surface area contributed by atoms with Crippen LogP contribution in [0.25, 0.3) is 5.57 Å². The number of amides is 1. The largest absolute Gasteiger partial charge is 0.362 e. The molecule has 102 valence electrons. The Balaban J connectivity index is 2.22. The molecule has 2 aliphatic rings. The number of hydrogen-bond acceptors (Lipinski definition) is 3. The molecule has 0 saturated heterocycles. The van der Waals surface area contributed by atoms with Gasteiger partial charge in [-0.15, -0.1) is 0 Å². The van der Waals surface area contributed by atoms with Gasteiger partial charge in [-0.05, 0) is 24.1 Å². The monoisotopic (exact) mass is 267 g/mol. The van der Waals surface area contributed by atoms with Gasteiger partial charge in [0, 0.05) is 36.3 Å². The molecule has 0 fully saturated rings. The number of hydrogen-bond donors (Lipinski definition) is 0. The summed E-state index contributed by atoms with van der Waals surface area (Å²) in [5.74, 6) is 0.0817. The summed E-state index contributed by atoms with van der Waals surface area (Å²) in [5.41, 5.74) is 4.07. The van der Waals surface area contributed by atoms with Crippen molar-refractivity contribution >= 4 is 35.3 Å². The number of aliphatic imine (C=N–C) groups is 2. The van der Waals surface area contributed by atoms with Gasteiger partial charge >= 0.3 is 0 Å². The Morgan fingerprint density at radius 3 is 2.80 bits per heavy atom. The molecule has 0 saturated carbocycles. The summed E-state index contributed by atoms with van der Waals surface area (Å²) in [7, 11) is 1.95. The molecule has 1 atom stereocenters. The van der Waals surface area contributed by atoms with Gasteiger partial charge in [-0.2, -0.15) is 0 Å². The Kier molecular flexibility index (Phi) is 3.01. The minimum Gasteiger partial charge on any atom is -0.362 e. The second-order valence-corrected chi connectivity index (χ2v) is 5.47. The lowest BCUT2D eigenvalue weighted by molar-refractivity contribution is -0.119. The standard InChI is InChI=1S/C16H17N3O/c1-10(2)15-16(20)17-8-7-11-9-18-12-5-4-6-13(14(11)12)19(15)3/h4-10,15H,1-3H3/b11-7+,17-8?. The van der Waals surface area contributed by atoms with E-state index in [0.717, 1.165) is 22.5 Å². The highest BCUT2D eigenvalue weighted by atomic mass is 16.1. The van der Waals surface area contributed by atoms with E-state index in [4.69, 9.17) is 0 Å². The van der Waals surface area contributed by atoms with Crippen molar-refractivity contribution in [2.24, 2.45) is 15.9 Å². The van der Waals surface area contributed by atoms with Crippen molar-refractivity contribution in [1.82, 2.24) is 0 Å². The van der Waals surface area contributed by atoms with Gasteiger partial charge in [-0.1, -0.05) is 19.9 Å². The fourth-order valence-electron chi connectivity index (χ4n) is 2.87. The van der Waals surface area contributed by atoms with Gasteiger partial charge in [0.1, 0.15) is 6.04 Å². The zero-order valence-electron chi connectivity index (χ0n) is 11.9. The molecule has 0 aliphatic carbocycles. The number of likely N-dealkylation sites (N-methyl/N-ethyl adjacent to an activating group) is 1. The molecule has 0 spiro atoms. The highest BCUT2D eigenvalue weighted by Crippen LogP contribution is 2.39. The average molecular weight is 267 g/mol. The summed E-state index contributed by atoms with van der Waals surface area (Å²) in [5, 5.41) is 0. The van der Waals surface area contributed by atoms with Crippen LogP contribution in [0.2, 0.25) is 0 Å². The van der Waals surface area contributed by atoms with Crippen LogP contribution in [0.5, 0.6) is 0 Å². The van der Waals surface area contributed by atoms with Crippen molar-refractivity contribution in [3.05, 3.63) is 29.8 Å². The lowest BCUT2D eigenvalue weighted by atomic mass is 9.99. The van der Waals surface area contributed by atoms with E-state index < -0.39 is 0 Å². The fourth-order valence-corrected chi connectivity index (χ4v) is 2.87. The number of carbonyl (C=O) groups is 1. The van der Waals surface area contributed by atoms with Crippen LogP contribution >= 0.6 is 0 Å². The van der Waals surface area contributed by atoms with Gasteiger partial charge in [0.25, 0.3) is 5.91 Å². The second-order valence-electron chi connectivity index (χ2n) is 5.47. The van der Waals surface area contributed by atoms with Crippen molar-refractivity contribution < 1.29 is 4.79 Å². The number of allylic oxidation sites excluding steroid dienone is 2. The van der Waals surface area contributed by atoms with E-state index in [1.807, 2.05) is 56.3 Å². The van der Waals surface area contributed by atoms with E-state index in [2.05, 4.69) is 9.98 Å². The molecule has 2 heterocycles.